The summed E-state index contributed by atoms with van der Waals surface area (Å²) >= 11 is 0. The largest absolute Gasteiger partial charge is 0.375 e. The van der Waals surface area contributed by atoms with E-state index in [1.165, 1.54) is 4.31 Å². The van der Waals surface area contributed by atoms with E-state index < -0.39 is 10.0 Å². The van der Waals surface area contributed by atoms with Crippen LogP contribution in [0.15, 0.2) is 23.1 Å². The molecule has 0 aliphatic carbocycles. The monoisotopic (exact) mass is 298 g/mol. The molecule has 1 fully saturated rings. The Morgan fingerprint density at radius 2 is 2.20 bits per heavy atom. The molecule has 1 heterocycles. The third-order valence-corrected chi connectivity index (χ3v) is 5.59. The Kier molecular flexibility index (Phi) is 4.80. The highest BCUT2D eigenvalue weighted by Gasteiger charge is 2.30. The molecule has 1 atom stereocenters. The lowest BCUT2D eigenvalue weighted by Gasteiger charge is -2.31. The third-order valence-electron chi connectivity index (χ3n) is 3.73. The summed E-state index contributed by atoms with van der Waals surface area (Å²) in [4.78, 5) is 0.337. The van der Waals surface area contributed by atoms with Crippen LogP contribution in [-0.2, 0) is 21.3 Å². The molecular formula is C14H22N2O3S. The van der Waals surface area contributed by atoms with Gasteiger partial charge < -0.3 is 10.5 Å². The fourth-order valence-electron chi connectivity index (χ4n) is 2.36. The summed E-state index contributed by atoms with van der Waals surface area (Å²) in [6.45, 7) is 5.60. The van der Waals surface area contributed by atoms with Crippen LogP contribution in [-0.4, -0.2) is 38.5 Å². The van der Waals surface area contributed by atoms with Gasteiger partial charge in [0, 0.05) is 19.6 Å². The van der Waals surface area contributed by atoms with Gasteiger partial charge in [-0.05, 0) is 36.6 Å². The summed E-state index contributed by atoms with van der Waals surface area (Å²) < 4.78 is 32.3. The number of ether oxygens (including phenoxy) is 1. The first-order chi connectivity index (χ1) is 9.48. The summed E-state index contributed by atoms with van der Waals surface area (Å²) in [5.74, 6) is 0. The molecule has 0 saturated carbocycles. The molecule has 112 valence electrons. The van der Waals surface area contributed by atoms with Crippen molar-refractivity contribution in [1.29, 1.82) is 0 Å². The van der Waals surface area contributed by atoms with Gasteiger partial charge >= 0.3 is 0 Å². The lowest BCUT2D eigenvalue weighted by atomic mass is 10.1. The van der Waals surface area contributed by atoms with E-state index in [4.69, 9.17) is 10.5 Å². The van der Waals surface area contributed by atoms with E-state index in [1.54, 1.807) is 18.2 Å². The molecular weight excluding hydrogens is 276 g/mol. The number of aryl methyl sites for hydroxylation is 1. The second-order valence-electron chi connectivity index (χ2n) is 5.06. The maximum Gasteiger partial charge on any atom is 0.243 e. The number of nitrogens with zero attached hydrogens (tertiary/aromatic N) is 1. The SMILES string of the molecule is CCC1CN(S(=O)(=O)c2ccc(CN)c(C)c2)CCO1. The zero-order valence-electron chi connectivity index (χ0n) is 12.0. The Labute approximate surface area is 120 Å². The number of rotatable bonds is 4. The lowest BCUT2D eigenvalue weighted by Crippen LogP contribution is -2.45. The molecule has 0 amide bonds. The van der Waals surface area contributed by atoms with Crippen LogP contribution in [0.4, 0.5) is 0 Å². The summed E-state index contributed by atoms with van der Waals surface area (Å²) in [7, 11) is -3.44. The predicted octanol–water partition coefficient (Wildman–Crippen LogP) is 1.25. The predicted molar refractivity (Wildman–Crippen MR) is 77.9 cm³/mol. The van der Waals surface area contributed by atoms with Crippen molar-refractivity contribution in [2.24, 2.45) is 5.73 Å². The van der Waals surface area contributed by atoms with Gasteiger partial charge in [0.05, 0.1) is 17.6 Å². The Bertz CT molecular complexity index is 572. The van der Waals surface area contributed by atoms with Crippen molar-refractivity contribution in [2.45, 2.75) is 37.8 Å². The van der Waals surface area contributed by atoms with E-state index in [1.807, 2.05) is 13.8 Å². The maximum atomic E-state index is 12.6. The molecule has 1 aliphatic heterocycles. The van der Waals surface area contributed by atoms with Crippen molar-refractivity contribution in [3.8, 4) is 0 Å². The molecule has 2 N–H and O–H groups in total. The minimum Gasteiger partial charge on any atom is -0.375 e. The molecule has 0 spiro atoms. The van der Waals surface area contributed by atoms with Crippen LogP contribution in [0.3, 0.4) is 0 Å². The van der Waals surface area contributed by atoms with Crippen molar-refractivity contribution in [1.82, 2.24) is 4.31 Å². The van der Waals surface area contributed by atoms with Gasteiger partial charge in [-0.2, -0.15) is 4.31 Å². The number of benzene rings is 1. The zero-order chi connectivity index (χ0) is 14.8. The molecule has 1 saturated heterocycles. The molecule has 0 aromatic heterocycles. The smallest absolute Gasteiger partial charge is 0.243 e. The van der Waals surface area contributed by atoms with Crippen molar-refractivity contribution in [3.63, 3.8) is 0 Å². The first kappa shape index (κ1) is 15.4. The minimum atomic E-state index is -3.44. The van der Waals surface area contributed by atoms with E-state index in [0.29, 0.717) is 31.1 Å². The average Bonchev–Trinajstić information content (AvgIpc) is 2.47. The third kappa shape index (κ3) is 3.03. The highest BCUT2D eigenvalue weighted by Crippen LogP contribution is 2.22. The lowest BCUT2D eigenvalue weighted by molar-refractivity contribution is -0.00277. The Morgan fingerprint density at radius 1 is 1.45 bits per heavy atom. The van der Waals surface area contributed by atoms with Crippen LogP contribution in [0.5, 0.6) is 0 Å². The van der Waals surface area contributed by atoms with Crippen molar-refractivity contribution in [2.75, 3.05) is 19.7 Å². The Hall–Kier alpha value is -0.950. The van der Waals surface area contributed by atoms with Gasteiger partial charge in [-0.3, -0.25) is 0 Å². The van der Waals surface area contributed by atoms with Crippen molar-refractivity contribution in [3.05, 3.63) is 29.3 Å². The molecule has 20 heavy (non-hydrogen) atoms. The van der Waals surface area contributed by atoms with Crippen LogP contribution >= 0.6 is 0 Å². The van der Waals surface area contributed by atoms with Crippen molar-refractivity contribution >= 4 is 10.0 Å². The topological polar surface area (TPSA) is 72.6 Å². The molecule has 1 aliphatic rings. The van der Waals surface area contributed by atoms with Crippen LogP contribution in [0.25, 0.3) is 0 Å². The van der Waals surface area contributed by atoms with E-state index in [0.717, 1.165) is 17.5 Å². The van der Waals surface area contributed by atoms with E-state index >= 15 is 0 Å². The van der Waals surface area contributed by atoms with Crippen LogP contribution in [0.2, 0.25) is 0 Å². The Morgan fingerprint density at radius 3 is 2.80 bits per heavy atom. The second kappa shape index (κ2) is 6.22. The highest BCUT2D eigenvalue weighted by atomic mass is 32.2. The van der Waals surface area contributed by atoms with E-state index in [2.05, 4.69) is 0 Å². The van der Waals surface area contributed by atoms with Gasteiger partial charge in [-0.25, -0.2) is 8.42 Å². The quantitative estimate of drug-likeness (QED) is 0.908. The van der Waals surface area contributed by atoms with Gasteiger partial charge in [-0.15, -0.1) is 0 Å². The van der Waals surface area contributed by atoms with Gasteiger partial charge in [0.15, 0.2) is 0 Å². The standard InChI is InChI=1S/C14H22N2O3S/c1-3-13-10-16(6-7-19-13)20(17,18)14-5-4-12(9-15)11(2)8-14/h4-5,8,13H,3,6-7,9-10,15H2,1-2H3. The van der Waals surface area contributed by atoms with Crippen LogP contribution in [0, 0.1) is 6.92 Å². The highest BCUT2D eigenvalue weighted by molar-refractivity contribution is 7.89. The fourth-order valence-corrected chi connectivity index (χ4v) is 3.91. The summed E-state index contributed by atoms with van der Waals surface area (Å²) in [5, 5.41) is 0. The first-order valence-electron chi connectivity index (χ1n) is 6.90. The van der Waals surface area contributed by atoms with Crippen molar-refractivity contribution < 1.29 is 13.2 Å². The summed E-state index contributed by atoms with van der Waals surface area (Å²) in [5.41, 5.74) is 7.49. The minimum absolute atomic E-state index is 0.0112. The summed E-state index contributed by atoms with van der Waals surface area (Å²) in [6.07, 6.45) is 0.805. The maximum absolute atomic E-state index is 12.6. The van der Waals surface area contributed by atoms with E-state index in [-0.39, 0.29) is 6.10 Å². The zero-order valence-corrected chi connectivity index (χ0v) is 12.8. The van der Waals surface area contributed by atoms with Crippen LogP contribution in [0.1, 0.15) is 24.5 Å². The molecule has 1 unspecified atom stereocenters. The van der Waals surface area contributed by atoms with Gasteiger partial charge in [0.25, 0.3) is 0 Å². The molecule has 0 bridgehead atoms. The number of morpholine rings is 1. The number of hydrogen-bond acceptors (Lipinski definition) is 4. The van der Waals surface area contributed by atoms with Crippen LogP contribution < -0.4 is 5.73 Å². The Balaban J connectivity index is 2.28. The first-order valence-corrected chi connectivity index (χ1v) is 8.34. The van der Waals surface area contributed by atoms with Gasteiger partial charge in [0.2, 0.25) is 10.0 Å². The van der Waals surface area contributed by atoms with Gasteiger partial charge in [0.1, 0.15) is 0 Å². The normalized spacial score (nSPS) is 21.1. The second-order valence-corrected chi connectivity index (χ2v) is 6.99. The van der Waals surface area contributed by atoms with E-state index in [9.17, 15) is 8.42 Å². The molecule has 1 aromatic rings. The molecule has 6 heteroatoms. The van der Waals surface area contributed by atoms with Gasteiger partial charge in [-0.1, -0.05) is 13.0 Å². The molecule has 0 radical (unpaired) electrons. The number of hydrogen-bond donors (Lipinski definition) is 1. The molecule has 5 nitrogen and oxygen atoms in total. The number of nitrogens with two attached hydrogens (primary N) is 1. The average molecular weight is 298 g/mol. The molecule has 2 rings (SSSR count). The summed E-state index contributed by atoms with van der Waals surface area (Å²) in [6, 6.07) is 5.13. The number of sulfonamides is 1. The molecule has 1 aromatic carbocycles. The fraction of sp³-hybridized carbons (Fsp3) is 0.571.